The quantitative estimate of drug-likeness (QED) is 0.679. The van der Waals surface area contributed by atoms with Gasteiger partial charge in [0.15, 0.2) is 5.13 Å². The van der Waals surface area contributed by atoms with Crippen molar-refractivity contribution < 1.29 is 19.5 Å². The molecule has 1 aromatic heterocycles. The molecule has 0 radical (unpaired) electrons. The summed E-state index contributed by atoms with van der Waals surface area (Å²) in [5.74, 6) is -1.80. The Balaban J connectivity index is 2.65. The van der Waals surface area contributed by atoms with Gasteiger partial charge in [0.25, 0.3) is 5.91 Å². The number of aliphatic carboxylic acids is 1. The first-order valence-corrected chi connectivity index (χ1v) is 7.64. The zero-order valence-corrected chi connectivity index (χ0v) is 12.8. The Hall–Kier alpha value is -1.96. The predicted molar refractivity (Wildman–Crippen MR) is 79.4 cm³/mol. The van der Waals surface area contributed by atoms with Crippen LogP contribution in [-0.2, 0) is 9.59 Å². The van der Waals surface area contributed by atoms with Crippen LogP contribution in [0.15, 0.2) is 5.38 Å². The normalized spacial score (nSPS) is 11.7. The molecule has 1 aromatic rings. The van der Waals surface area contributed by atoms with Crippen LogP contribution in [0.2, 0.25) is 0 Å². The summed E-state index contributed by atoms with van der Waals surface area (Å²) in [6.07, 6.45) is 2.26. The fourth-order valence-corrected chi connectivity index (χ4v) is 2.25. The van der Waals surface area contributed by atoms with Gasteiger partial charge in [-0.3, -0.25) is 9.59 Å². The molecule has 0 bridgehead atoms. The van der Waals surface area contributed by atoms with Gasteiger partial charge in [-0.1, -0.05) is 26.7 Å². The third-order valence-electron chi connectivity index (χ3n) is 2.75. The lowest BCUT2D eigenvalue weighted by Gasteiger charge is -2.12. The third kappa shape index (κ3) is 5.50. The van der Waals surface area contributed by atoms with E-state index < -0.39 is 17.9 Å². The summed E-state index contributed by atoms with van der Waals surface area (Å²) < 4.78 is 0. The van der Waals surface area contributed by atoms with E-state index >= 15 is 0 Å². The minimum absolute atomic E-state index is 0.106. The average Bonchev–Trinajstić information content (AvgIpc) is 2.91. The molecule has 0 aromatic carbocycles. The molecule has 0 saturated heterocycles. The molecule has 2 amide bonds. The van der Waals surface area contributed by atoms with E-state index in [0.29, 0.717) is 24.4 Å². The molecule has 0 aliphatic rings. The summed E-state index contributed by atoms with van der Waals surface area (Å²) >= 11 is 1.12. The van der Waals surface area contributed by atoms with E-state index in [1.54, 1.807) is 6.92 Å². The number of carbonyl (C=O) groups is 3. The van der Waals surface area contributed by atoms with Gasteiger partial charge in [0, 0.05) is 11.8 Å². The molecule has 8 heteroatoms. The number of carboxylic acids is 1. The summed E-state index contributed by atoms with van der Waals surface area (Å²) in [4.78, 5) is 38.2. The molecular weight excluding hydrogens is 294 g/mol. The van der Waals surface area contributed by atoms with E-state index in [-0.39, 0.29) is 11.6 Å². The van der Waals surface area contributed by atoms with Crippen molar-refractivity contribution in [2.24, 2.45) is 0 Å². The van der Waals surface area contributed by atoms with Crippen LogP contribution in [0.3, 0.4) is 0 Å². The van der Waals surface area contributed by atoms with Gasteiger partial charge in [-0.25, -0.2) is 9.78 Å². The second-order valence-corrected chi connectivity index (χ2v) is 5.30. The van der Waals surface area contributed by atoms with E-state index in [9.17, 15) is 14.4 Å². The van der Waals surface area contributed by atoms with Crippen molar-refractivity contribution >= 4 is 34.3 Å². The molecule has 1 rings (SSSR count). The highest BCUT2D eigenvalue weighted by atomic mass is 32.1. The Labute approximate surface area is 126 Å². The summed E-state index contributed by atoms with van der Waals surface area (Å²) in [5, 5.41) is 15.9. The van der Waals surface area contributed by atoms with Gasteiger partial charge in [-0.2, -0.15) is 0 Å². The van der Waals surface area contributed by atoms with Crippen LogP contribution < -0.4 is 10.6 Å². The Morgan fingerprint density at radius 1 is 1.38 bits per heavy atom. The zero-order valence-electron chi connectivity index (χ0n) is 12.0. The monoisotopic (exact) mass is 313 g/mol. The number of nitrogens with one attached hydrogen (secondary N) is 2. The standard InChI is InChI=1S/C13H19N3O4S/c1-3-5-6-8(12(19)20)14-11(18)9-7-21-13(15-9)16-10(17)4-2/h7-8H,3-6H2,1-2H3,(H,14,18)(H,19,20)(H,15,16,17). The van der Waals surface area contributed by atoms with E-state index in [1.165, 1.54) is 5.38 Å². The number of nitrogens with zero attached hydrogens (tertiary/aromatic N) is 1. The molecular formula is C13H19N3O4S. The molecule has 116 valence electrons. The van der Waals surface area contributed by atoms with E-state index in [0.717, 1.165) is 17.8 Å². The number of hydrogen-bond acceptors (Lipinski definition) is 5. The molecule has 1 unspecified atom stereocenters. The number of amides is 2. The summed E-state index contributed by atoms with van der Waals surface area (Å²) in [6, 6.07) is -0.923. The van der Waals surface area contributed by atoms with Gasteiger partial charge in [0.1, 0.15) is 11.7 Å². The summed E-state index contributed by atoms with van der Waals surface area (Å²) in [6.45, 7) is 3.66. The smallest absolute Gasteiger partial charge is 0.326 e. The molecule has 0 fully saturated rings. The van der Waals surface area contributed by atoms with Gasteiger partial charge in [0.2, 0.25) is 5.91 Å². The molecule has 1 heterocycles. The van der Waals surface area contributed by atoms with Crippen molar-refractivity contribution in [2.45, 2.75) is 45.6 Å². The van der Waals surface area contributed by atoms with Crippen molar-refractivity contribution in [2.75, 3.05) is 5.32 Å². The molecule has 0 aliphatic heterocycles. The number of carbonyl (C=O) groups excluding carboxylic acids is 2. The number of aromatic nitrogens is 1. The minimum Gasteiger partial charge on any atom is -0.480 e. The number of unbranched alkanes of at least 4 members (excludes halogenated alkanes) is 1. The van der Waals surface area contributed by atoms with Crippen molar-refractivity contribution in [3.05, 3.63) is 11.1 Å². The first-order valence-electron chi connectivity index (χ1n) is 6.77. The number of hydrogen-bond donors (Lipinski definition) is 3. The number of rotatable bonds is 8. The average molecular weight is 313 g/mol. The van der Waals surface area contributed by atoms with Gasteiger partial charge < -0.3 is 15.7 Å². The van der Waals surface area contributed by atoms with Crippen molar-refractivity contribution in [1.82, 2.24) is 10.3 Å². The molecule has 7 nitrogen and oxygen atoms in total. The minimum atomic E-state index is -1.06. The maximum absolute atomic E-state index is 11.9. The number of thiazole rings is 1. The SMILES string of the molecule is CCCCC(NC(=O)c1csc(NC(=O)CC)n1)C(=O)O. The lowest BCUT2D eigenvalue weighted by Crippen LogP contribution is -2.40. The van der Waals surface area contributed by atoms with Crippen LogP contribution in [0.1, 0.15) is 50.0 Å². The highest BCUT2D eigenvalue weighted by Crippen LogP contribution is 2.16. The highest BCUT2D eigenvalue weighted by molar-refractivity contribution is 7.14. The van der Waals surface area contributed by atoms with Crippen LogP contribution in [0, 0.1) is 0 Å². The van der Waals surface area contributed by atoms with Crippen molar-refractivity contribution in [3.8, 4) is 0 Å². The second-order valence-electron chi connectivity index (χ2n) is 4.45. The van der Waals surface area contributed by atoms with Gasteiger partial charge >= 0.3 is 5.97 Å². The first-order chi connectivity index (χ1) is 9.97. The maximum Gasteiger partial charge on any atom is 0.326 e. The first kappa shape index (κ1) is 17.1. The largest absolute Gasteiger partial charge is 0.480 e. The van der Waals surface area contributed by atoms with E-state index in [2.05, 4.69) is 15.6 Å². The molecule has 0 spiro atoms. The van der Waals surface area contributed by atoms with Gasteiger partial charge in [-0.15, -0.1) is 11.3 Å². The molecule has 3 N–H and O–H groups in total. The number of anilines is 1. The van der Waals surface area contributed by atoms with Gasteiger partial charge in [-0.05, 0) is 6.42 Å². The predicted octanol–water partition coefficient (Wildman–Crippen LogP) is 1.86. The summed E-state index contributed by atoms with van der Waals surface area (Å²) in [7, 11) is 0. The molecule has 1 atom stereocenters. The van der Waals surface area contributed by atoms with Crippen LogP contribution in [0.5, 0.6) is 0 Å². The molecule has 21 heavy (non-hydrogen) atoms. The maximum atomic E-state index is 11.9. The van der Waals surface area contributed by atoms with Crippen molar-refractivity contribution in [3.63, 3.8) is 0 Å². The Morgan fingerprint density at radius 3 is 2.67 bits per heavy atom. The van der Waals surface area contributed by atoms with Crippen LogP contribution >= 0.6 is 11.3 Å². The topological polar surface area (TPSA) is 108 Å². The zero-order chi connectivity index (χ0) is 15.8. The highest BCUT2D eigenvalue weighted by Gasteiger charge is 2.21. The lowest BCUT2D eigenvalue weighted by molar-refractivity contribution is -0.139. The lowest BCUT2D eigenvalue weighted by atomic mass is 10.1. The summed E-state index contributed by atoms with van der Waals surface area (Å²) in [5.41, 5.74) is 0.106. The van der Waals surface area contributed by atoms with Crippen LogP contribution in [0.4, 0.5) is 5.13 Å². The van der Waals surface area contributed by atoms with E-state index in [1.807, 2.05) is 6.92 Å². The molecule has 0 saturated carbocycles. The fourth-order valence-electron chi connectivity index (χ4n) is 1.54. The van der Waals surface area contributed by atoms with Crippen LogP contribution in [-0.4, -0.2) is 33.9 Å². The Bertz CT molecular complexity index is 515. The van der Waals surface area contributed by atoms with Crippen molar-refractivity contribution in [1.29, 1.82) is 0 Å². The van der Waals surface area contributed by atoms with Gasteiger partial charge in [0.05, 0.1) is 0 Å². The number of carboxylic acid groups (broad SMARTS) is 1. The van der Waals surface area contributed by atoms with Crippen LogP contribution in [0.25, 0.3) is 0 Å². The fraction of sp³-hybridized carbons (Fsp3) is 0.538. The Kier molecular flexibility index (Phi) is 6.80. The second kappa shape index (κ2) is 8.35. The molecule has 0 aliphatic carbocycles. The van der Waals surface area contributed by atoms with E-state index in [4.69, 9.17) is 5.11 Å². The third-order valence-corrected chi connectivity index (χ3v) is 3.51. The Morgan fingerprint density at radius 2 is 2.10 bits per heavy atom.